The van der Waals surface area contributed by atoms with E-state index in [1.165, 1.54) is 0 Å². The average Bonchev–Trinajstić information content (AvgIpc) is 3.71. The molecule has 1 saturated heterocycles. The summed E-state index contributed by atoms with van der Waals surface area (Å²) in [5.41, 5.74) is 6.99. The Labute approximate surface area is 273 Å². The molecule has 11 heteroatoms. The molecular formula is C36H38N8O3. The minimum absolute atomic E-state index is 0.163. The molecule has 2 aliphatic heterocycles. The molecule has 3 aromatic heterocycles. The third kappa shape index (κ3) is 6.14. The fourth-order valence-electron chi connectivity index (χ4n) is 5.94. The standard InChI is InChI=1S/C36H38N8O3/c1-22-26(10-7-11-28(22)39-35(46)44-20-24-8-5-6-9-25(24)21-44)31-27-18-29(23-12-13-30(37-19-23)43-14-16-47-17-15-43)38-32(27)41-34(40-31)42-33(45)36(2,3)4/h5-13,18-19H,14-17,20-21H2,1-4H3,(H,39,46)(H2,38,40,41,42,45). The van der Waals surface area contributed by atoms with Gasteiger partial charge in [0.2, 0.25) is 11.9 Å². The predicted molar refractivity (Wildman–Crippen MR) is 183 cm³/mol. The van der Waals surface area contributed by atoms with Gasteiger partial charge in [0.15, 0.2) is 0 Å². The number of nitrogens with one attached hydrogen (secondary N) is 3. The Kier molecular flexibility index (Phi) is 7.85. The van der Waals surface area contributed by atoms with Crippen LogP contribution in [0, 0.1) is 12.3 Å². The Bertz CT molecular complexity index is 1950. The number of fused-ring (bicyclic) bond motifs is 2. The van der Waals surface area contributed by atoms with E-state index < -0.39 is 5.41 Å². The number of carbonyl (C=O) groups is 2. The summed E-state index contributed by atoms with van der Waals surface area (Å²) in [5.74, 6) is 0.917. The monoisotopic (exact) mass is 630 g/mol. The number of hydrogen-bond acceptors (Lipinski definition) is 7. The van der Waals surface area contributed by atoms with Gasteiger partial charge in [-0.3, -0.25) is 10.1 Å². The molecule has 3 amide bonds. The highest BCUT2D eigenvalue weighted by atomic mass is 16.5. The fourth-order valence-corrected chi connectivity index (χ4v) is 5.94. The van der Waals surface area contributed by atoms with Gasteiger partial charge in [0.25, 0.3) is 0 Å². The summed E-state index contributed by atoms with van der Waals surface area (Å²) in [7, 11) is 0. The van der Waals surface area contributed by atoms with Crippen molar-refractivity contribution in [3.63, 3.8) is 0 Å². The molecule has 7 rings (SSSR count). The number of H-pyrrole nitrogens is 1. The molecule has 0 aliphatic carbocycles. The number of pyridine rings is 1. The van der Waals surface area contributed by atoms with E-state index in [2.05, 4.69) is 32.7 Å². The van der Waals surface area contributed by atoms with Crippen molar-refractivity contribution in [2.75, 3.05) is 41.8 Å². The molecule has 2 aliphatic rings. The number of anilines is 3. The van der Waals surface area contributed by atoms with E-state index in [-0.39, 0.29) is 17.9 Å². The Balaban J connectivity index is 1.24. The number of carbonyl (C=O) groups excluding carboxylic acids is 2. The molecular weight excluding hydrogens is 592 g/mol. The highest BCUT2D eigenvalue weighted by Gasteiger charge is 2.26. The molecule has 240 valence electrons. The Morgan fingerprint density at radius 1 is 0.915 bits per heavy atom. The predicted octanol–water partition coefficient (Wildman–Crippen LogP) is 6.36. The number of morpholine rings is 1. The summed E-state index contributed by atoms with van der Waals surface area (Å²) in [6.07, 6.45) is 1.85. The van der Waals surface area contributed by atoms with Crippen LogP contribution < -0.4 is 15.5 Å². The zero-order valence-electron chi connectivity index (χ0n) is 27.1. The highest BCUT2D eigenvalue weighted by Crippen LogP contribution is 2.36. The second-order valence-corrected chi connectivity index (χ2v) is 13.1. The molecule has 5 aromatic rings. The quantitative estimate of drug-likeness (QED) is 0.206. The number of aromatic amines is 1. The molecule has 0 unspecified atom stereocenters. The lowest BCUT2D eigenvalue weighted by Gasteiger charge is -2.27. The number of nitrogens with zero attached hydrogens (tertiary/aromatic N) is 5. The molecule has 5 heterocycles. The van der Waals surface area contributed by atoms with Crippen LogP contribution >= 0.6 is 0 Å². The number of urea groups is 1. The molecule has 0 radical (unpaired) electrons. The van der Waals surface area contributed by atoms with Gasteiger partial charge >= 0.3 is 6.03 Å². The molecule has 11 nitrogen and oxygen atoms in total. The van der Waals surface area contributed by atoms with Gasteiger partial charge in [-0.25, -0.2) is 14.8 Å². The van der Waals surface area contributed by atoms with Crippen LogP contribution in [-0.4, -0.2) is 63.1 Å². The van der Waals surface area contributed by atoms with Crippen molar-refractivity contribution in [3.8, 4) is 22.5 Å². The summed E-state index contributed by atoms with van der Waals surface area (Å²) in [6, 6.07) is 19.8. The van der Waals surface area contributed by atoms with E-state index in [9.17, 15) is 9.59 Å². The second-order valence-electron chi connectivity index (χ2n) is 13.1. The SMILES string of the molecule is Cc1c(NC(=O)N2Cc3ccccc3C2)cccc1-c1nc(NC(=O)C(C)(C)C)nc2[nH]c(-c3ccc(N4CCOCC4)nc3)cc12. The number of rotatable bonds is 5. The topological polar surface area (TPSA) is 128 Å². The van der Waals surface area contributed by atoms with Gasteiger partial charge in [-0.1, -0.05) is 57.2 Å². The first-order valence-electron chi connectivity index (χ1n) is 15.9. The summed E-state index contributed by atoms with van der Waals surface area (Å²) < 4.78 is 5.48. The number of benzene rings is 2. The van der Waals surface area contributed by atoms with E-state index >= 15 is 0 Å². The van der Waals surface area contributed by atoms with Crippen molar-refractivity contribution in [3.05, 3.63) is 83.6 Å². The van der Waals surface area contributed by atoms with E-state index in [0.717, 1.165) is 57.8 Å². The number of ether oxygens (including phenoxy) is 1. The van der Waals surface area contributed by atoms with Crippen LogP contribution in [0.3, 0.4) is 0 Å². The average molecular weight is 631 g/mol. The lowest BCUT2D eigenvalue weighted by molar-refractivity contribution is -0.123. The van der Waals surface area contributed by atoms with Gasteiger partial charge in [-0.15, -0.1) is 0 Å². The summed E-state index contributed by atoms with van der Waals surface area (Å²) in [4.78, 5) is 48.1. The van der Waals surface area contributed by atoms with Gasteiger partial charge in [0.05, 0.1) is 18.9 Å². The van der Waals surface area contributed by atoms with Crippen molar-refractivity contribution in [2.45, 2.75) is 40.8 Å². The van der Waals surface area contributed by atoms with Crippen LogP contribution in [-0.2, 0) is 22.6 Å². The van der Waals surface area contributed by atoms with Crippen LogP contribution in [0.25, 0.3) is 33.5 Å². The van der Waals surface area contributed by atoms with E-state index in [4.69, 9.17) is 19.7 Å². The van der Waals surface area contributed by atoms with Crippen molar-refractivity contribution >= 4 is 40.4 Å². The number of amides is 3. The third-order valence-corrected chi connectivity index (χ3v) is 8.75. The lowest BCUT2D eigenvalue weighted by atomic mass is 9.96. The molecule has 47 heavy (non-hydrogen) atoms. The first kappa shape index (κ1) is 30.4. The molecule has 0 atom stereocenters. The molecule has 2 aromatic carbocycles. The third-order valence-electron chi connectivity index (χ3n) is 8.75. The van der Waals surface area contributed by atoms with Crippen molar-refractivity contribution in [1.29, 1.82) is 0 Å². The van der Waals surface area contributed by atoms with Crippen LogP contribution in [0.1, 0.15) is 37.5 Å². The Hall–Kier alpha value is -5.29. The number of hydrogen-bond donors (Lipinski definition) is 3. The van der Waals surface area contributed by atoms with Crippen LogP contribution in [0.4, 0.5) is 22.2 Å². The van der Waals surface area contributed by atoms with E-state index in [0.29, 0.717) is 43.3 Å². The normalized spacial score (nSPS) is 14.7. The molecule has 0 bridgehead atoms. The zero-order valence-corrected chi connectivity index (χ0v) is 27.1. The molecule has 0 saturated carbocycles. The smallest absolute Gasteiger partial charge is 0.322 e. The van der Waals surface area contributed by atoms with Crippen LogP contribution in [0.5, 0.6) is 0 Å². The largest absolute Gasteiger partial charge is 0.378 e. The maximum Gasteiger partial charge on any atom is 0.322 e. The summed E-state index contributed by atoms with van der Waals surface area (Å²) in [6.45, 7) is 11.6. The van der Waals surface area contributed by atoms with E-state index in [1.54, 1.807) is 4.90 Å². The van der Waals surface area contributed by atoms with Crippen molar-refractivity contribution in [2.24, 2.45) is 5.41 Å². The first-order chi connectivity index (χ1) is 22.6. The summed E-state index contributed by atoms with van der Waals surface area (Å²) in [5, 5.41) is 6.81. The van der Waals surface area contributed by atoms with Gasteiger partial charge in [-0.2, -0.15) is 4.98 Å². The van der Waals surface area contributed by atoms with Crippen molar-refractivity contribution < 1.29 is 14.3 Å². The Morgan fingerprint density at radius 3 is 2.34 bits per heavy atom. The lowest BCUT2D eigenvalue weighted by Crippen LogP contribution is -2.36. The maximum atomic E-state index is 13.4. The number of aromatic nitrogens is 4. The molecule has 3 N–H and O–H groups in total. The maximum absolute atomic E-state index is 13.4. The summed E-state index contributed by atoms with van der Waals surface area (Å²) >= 11 is 0. The minimum Gasteiger partial charge on any atom is -0.378 e. The van der Waals surface area contributed by atoms with Gasteiger partial charge in [0.1, 0.15) is 11.5 Å². The van der Waals surface area contributed by atoms with Gasteiger partial charge < -0.3 is 24.8 Å². The minimum atomic E-state index is -0.636. The van der Waals surface area contributed by atoms with Crippen molar-refractivity contribution in [1.82, 2.24) is 24.8 Å². The molecule has 0 spiro atoms. The van der Waals surface area contributed by atoms with Gasteiger partial charge in [-0.05, 0) is 47.9 Å². The first-order valence-corrected chi connectivity index (χ1v) is 15.9. The second kappa shape index (κ2) is 12.1. The fraction of sp³-hybridized carbons (Fsp3) is 0.306. The van der Waals surface area contributed by atoms with E-state index in [1.807, 2.05) is 82.4 Å². The Morgan fingerprint density at radius 2 is 1.66 bits per heavy atom. The van der Waals surface area contributed by atoms with Crippen LogP contribution in [0.15, 0.2) is 66.9 Å². The van der Waals surface area contributed by atoms with Gasteiger partial charge in [0, 0.05) is 65.7 Å². The van der Waals surface area contributed by atoms with Crippen LogP contribution in [0.2, 0.25) is 0 Å². The highest BCUT2D eigenvalue weighted by molar-refractivity contribution is 6.00. The zero-order chi connectivity index (χ0) is 32.7. The molecule has 1 fully saturated rings.